The lowest BCUT2D eigenvalue weighted by Gasteiger charge is -2.10. The number of carbonyl (C=O) groups is 2. The van der Waals surface area contributed by atoms with E-state index < -0.39 is 0 Å². The summed E-state index contributed by atoms with van der Waals surface area (Å²) in [5, 5.41) is 13.8. The van der Waals surface area contributed by atoms with Gasteiger partial charge in [0.1, 0.15) is 0 Å². The van der Waals surface area contributed by atoms with Gasteiger partial charge < -0.3 is 20.1 Å². The Balaban J connectivity index is 1.85. The lowest BCUT2D eigenvalue weighted by Crippen LogP contribution is -2.14. The number of rotatable bonds is 9. The largest absolute Gasteiger partial charge is 0.493 e. The fraction of sp³-hybridized carbons (Fsp3) is 0.375. The monoisotopic (exact) mass is 396 g/mol. The van der Waals surface area contributed by atoms with Gasteiger partial charge in [0.15, 0.2) is 15.8 Å². The van der Waals surface area contributed by atoms with Crippen molar-refractivity contribution in [2.24, 2.45) is 0 Å². The number of nitrogens with one attached hydrogen (secondary N) is 2. The summed E-state index contributed by atoms with van der Waals surface area (Å²) in [6, 6.07) is 5.14. The molecule has 0 unspecified atom stereocenters. The SMILES string of the molecule is CCCC(=O)Nc1nnc(SCC(=O)Nc2ccc(OC)c(OC)c2)s1. The van der Waals surface area contributed by atoms with Crippen molar-refractivity contribution in [2.45, 2.75) is 24.1 Å². The zero-order chi connectivity index (χ0) is 18.9. The van der Waals surface area contributed by atoms with E-state index in [1.165, 1.54) is 30.2 Å². The van der Waals surface area contributed by atoms with Gasteiger partial charge in [0.2, 0.25) is 16.9 Å². The number of amides is 2. The summed E-state index contributed by atoms with van der Waals surface area (Å²) in [6.45, 7) is 1.93. The molecule has 8 nitrogen and oxygen atoms in total. The summed E-state index contributed by atoms with van der Waals surface area (Å²) < 4.78 is 11.0. The maximum absolute atomic E-state index is 12.1. The number of aromatic nitrogens is 2. The van der Waals surface area contributed by atoms with Gasteiger partial charge in [0.25, 0.3) is 0 Å². The van der Waals surface area contributed by atoms with Crippen LogP contribution in [0.5, 0.6) is 11.5 Å². The smallest absolute Gasteiger partial charge is 0.234 e. The maximum atomic E-state index is 12.1. The van der Waals surface area contributed by atoms with Crippen LogP contribution in [0.2, 0.25) is 0 Å². The second-order valence-corrected chi connectivity index (χ2v) is 7.28. The molecule has 0 spiro atoms. The Bertz CT molecular complexity index is 766. The third-order valence-electron chi connectivity index (χ3n) is 3.12. The molecule has 0 saturated carbocycles. The third-order valence-corrected chi connectivity index (χ3v) is 5.10. The number of benzene rings is 1. The van der Waals surface area contributed by atoms with E-state index in [4.69, 9.17) is 9.47 Å². The summed E-state index contributed by atoms with van der Waals surface area (Å²) in [5.41, 5.74) is 0.609. The number of ether oxygens (including phenoxy) is 2. The van der Waals surface area contributed by atoms with Crippen LogP contribution in [0.25, 0.3) is 0 Å². The van der Waals surface area contributed by atoms with Crippen LogP contribution < -0.4 is 20.1 Å². The summed E-state index contributed by atoms with van der Waals surface area (Å²) in [6.07, 6.45) is 1.21. The first-order chi connectivity index (χ1) is 12.5. The van der Waals surface area contributed by atoms with Gasteiger partial charge in [-0.2, -0.15) is 0 Å². The molecule has 0 aliphatic carbocycles. The van der Waals surface area contributed by atoms with Crippen LogP contribution in [-0.2, 0) is 9.59 Å². The standard InChI is InChI=1S/C16H20N4O4S2/c1-4-5-13(21)18-15-19-20-16(26-15)25-9-14(22)17-10-6-7-11(23-2)12(8-10)24-3/h6-8H,4-5,9H2,1-3H3,(H,17,22)(H,18,19,21). The molecule has 0 atom stereocenters. The third kappa shape index (κ3) is 5.88. The van der Waals surface area contributed by atoms with Crippen LogP contribution in [-0.4, -0.2) is 42.0 Å². The van der Waals surface area contributed by atoms with Gasteiger partial charge >= 0.3 is 0 Å². The second kappa shape index (κ2) is 9.97. The highest BCUT2D eigenvalue weighted by molar-refractivity contribution is 8.01. The highest BCUT2D eigenvalue weighted by atomic mass is 32.2. The number of methoxy groups -OCH3 is 2. The van der Waals surface area contributed by atoms with E-state index in [0.717, 1.165) is 6.42 Å². The van der Waals surface area contributed by atoms with E-state index in [0.29, 0.717) is 33.1 Å². The predicted molar refractivity (Wildman–Crippen MR) is 102 cm³/mol. The fourth-order valence-corrected chi connectivity index (χ4v) is 3.53. The van der Waals surface area contributed by atoms with Crippen molar-refractivity contribution in [3.63, 3.8) is 0 Å². The Morgan fingerprint density at radius 2 is 1.88 bits per heavy atom. The Labute approximate surface area is 159 Å². The number of hydrogen-bond donors (Lipinski definition) is 2. The molecule has 0 aliphatic rings. The van der Waals surface area contributed by atoms with Gasteiger partial charge in [0, 0.05) is 18.2 Å². The lowest BCUT2D eigenvalue weighted by atomic mass is 10.2. The first-order valence-corrected chi connectivity index (χ1v) is 9.64. The van der Waals surface area contributed by atoms with Gasteiger partial charge in [-0.05, 0) is 18.6 Å². The van der Waals surface area contributed by atoms with Gasteiger partial charge in [-0.3, -0.25) is 9.59 Å². The average molecular weight is 396 g/mol. The van der Waals surface area contributed by atoms with Crippen molar-refractivity contribution in [2.75, 3.05) is 30.6 Å². The van der Waals surface area contributed by atoms with Crippen molar-refractivity contribution < 1.29 is 19.1 Å². The number of nitrogens with zero attached hydrogens (tertiary/aromatic N) is 2. The quantitative estimate of drug-likeness (QED) is 0.496. The van der Waals surface area contributed by atoms with E-state index in [1.807, 2.05) is 6.92 Å². The Kier molecular flexibility index (Phi) is 7.67. The van der Waals surface area contributed by atoms with Gasteiger partial charge in [-0.15, -0.1) is 10.2 Å². The molecule has 0 aliphatic heterocycles. The van der Waals surface area contributed by atoms with Crippen molar-refractivity contribution >= 4 is 45.7 Å². The number of anilines is 2. The van der Waals surface area contributed by atoms with Crippen molar-refractivity contribution in [1.29, 1.82) is 0 Å². The molecule has 0 fully saturated rings. The van der Waals surface area contributed by atoms with Gasteiger partial charge in [-0.25, -0.2) is 0 Å². The zero-order valence-electron chi connectivity index (χ0n) is 14.7. The molecule has 0 bridgehead atoms. The average Bonchev–Trinajstić information content (AvgIpc) is 3.07. The van der Waals surface area contributed by atoms with Crippen LogP contribution >= 0.6 is 23.1 Å². The molecule has 2 N–H and O–H groups in total. The van der Waals surface area contributed by atoms with E-state index >= 15 is 0 Å². The molecule has 2 amide bonds. The number of hydrogen-bond acceptors (Lipinski definition) is 8. The Morgan fingerprint density at radius 1 is 1.12 bits per heavy atom. The molecular formula is C16H20N4O4S2. The van der Waals surface area contributed by atoms with Crippen molar-refractivity contribution in [1.82, 2.24) is 10.2 Å². The highest BCUT2D eigenvalue weighted by Crippen LogP contribution is 2.30. The number of thioether (sulfide) groups is 1. The summed E-state index contributed by atoms with van der Waals surface area (Å²) in [5.74, 6) is 1.02. The maximum Gasteiger partial charge on any atom is 0.234 e. The van der Waals surface area contributed by atoms with E-state index in [-0.39, 0.29) is 17.6 Å². The van der Waals surface area contributed by atoms with Crippen LogP contribution in [0.1, 0.15) is 19.8 Å². The lowest BCUT2D eigenvalue weighted by molar-refractivity contribution is -0.116. The summed E-state index contributed by atoms with van der Waals surface area (Å²) in [4.78, 5) is 23.6. The molecule has 140 valence electrons. The second-order valence-electron chi connectivity index (χ2n) is 5.08. The molecule has 2 rings (SSSR count). The molecule has 1 heterocycles. The molecule has 0 saturated heterocycles. The van der Waals surface area contributed by atoms with Crippen LogP contribution in [0.4, 0.5) is 10.8 Å². The number of carbonyl (C=O) groups excluding carboxylic acids is 2. The van der Waals surface area contributed by atoms with E-state index in [1.54, 1.807) is 25.3 Å². The Hall–Kier alpha value is -2.33. The van der Waals surface area contributed by atoms with Crippen LogP contribution in [0.15, 0.2) is 22.5 Å². The normalized spacial score (nSPS) is 10.3. The van der Waals surface area contributed by atoms with E-state index in [9.17, 15) is 9.59 Å². The molecule has 10 heteroatoms. The fourth-order valence-electron chi connectivity index (χ4n) is 1.97. The Morgan fingerprint density at radius 3 is 2.58 bits per heavy atom. The first kappa shape index (κ1) is 20.0. The molecule has 1 aromatic carbocycles. The highest BCUT2D eigenvalue weighted by Gasteiger charge is 2.11. The molecule has 0 radical (unpaired) electrons. The first-order valence-electron chi connectivity index (χ1n) is 7.83. The molecule has 2 aromatic rings. The van der Waals surface area contributed by atoms with Crippen LogP contribution in [0, 0.1) is 0 Å². The summed E-state index contributed by atoms with van der Waals surface area (Å²) >= 11 is 2.49. The predicted octanol–water partition coefficient (Wildman–Crippen LogP) is 3.02. The minimum atomic E-state index is -0.186. The van der Waals surface area contributed by atoms with E-state index in [2.05, 4.69) is 20.8 Å². The van der Waals surface area contributed by atoms with Crippen molar-refractivity contribution in [3.8, 4) is 11.5 Å². The van der Waals surface area contributed by atoms with Gasteiger partial charge in [0.05, 0.1) is 20.0 Å². The molecular weight excluding hydrogens is 376 g/mol. The molecule has 26 heavy (non-hydrogen) atoms. The minimum absolute atomic E-state index is 0.0913. The minimum Gasteiger partial charge on any atom is -0.493 e. The van der Waals surface area contributed by atoms with Crippen molar-refractivity contribution in [3.05, 3.63) is 18.2 Å². The molecule has 1 aromatic heterocycles. The zero-order valence-corrected chi connectivity index (χ0v) is 16.3. The van der Waals surface area contributed by atoms with Gasteiger partial charge in [-0.1, -0.05) is 30.0 Å². The summed E-state index contributed by atoms with van der Waals surface area (Å²) in [7, 11) is 3.08. The topological polar surface area (TPSA) is 102 Å². The van der Waals surface area contributed by atoms with Crippen LogP contribution in [0.3, 0.4) is 0 Å².